The zero-order valence-corrected chi connectivity index (χ0v) is 12.1. The van der Waals surface area contributed by atoms with E-state index in [0.717, 1.165) is 25.7 Å². The Hall–Kier alpha value is -1.39. The molecule has 1 aromatic rings. The summed E-state index contributed by atoms with van der Waals surface area (Å²) in [5.74, 6) is 0.461. The van der Waals surface area contributed by atoms with E-state index in [4.69, 9.17) is 0 Å². The van der Waals surface area contributed by atoms with Gasteiger partial charge in [0.05, 0.1) is 0 Å². The molecular weight excluding hydrogens is 252 g/mol. The zero-order valence-electron chi connectivity index (χ0n) is 12.1. The monoisotopic (exact) mass is 276 g/mol. The Labute approximate surface area is 120 Å². The molecule has 1 aromatic heterocycles. The lowest BCUT2D eigenvalue weighted by atomic mass is 9.88. The average molecular weight is 276 g/mol. The summed E-state index contributed by atoms with van der Waals surface area (Å²) in [6.45, 7) is 0. The van der Waals surface area contributed by atoms with E-state index in [9.17, 15) is 4.79 Å². The number of hydrogen-bond donors (Lipinski definition) is 1. The van der Waals surface area contributed by atoms with Crippen molar-refractivity contribution in [2.24, 2.45) is 0 Å². The third-order valence-corrected chi connectivity index (χ3v) is 4.79. The molecule has 0 bridgehead atoms. The van der Waals surface area contributed by atoms with Crippen molar-refractivity contribution in [3.63, 3.8) is 0 Å². The first-order valence-corrected chi connectivity index (χ1v) is 8.04. The fraction of sp³-hybridized carbons (Fsp3) is 0.800. The highest BCUT2D eigenvalue weighted by Gasteiger charge is 2.33. The highest BCUT2D eigenvalue weighted by molar-refractivity contribution is 5.90. The van der Waals surface area contributed by atoms with Gasteiger partial charge in [0.2, 0.25) is 5.82 Å². The van der Waals surface area contributed by atoms with Gasteiger partial charge in [-0.25, -0.2) is 4.98 Å². The molecule has 1 heterocycles. The molecule has 0 spiro atoms. The van der Waals surface area contributed by atoms with Gasteiger partial charge in [-0.05, 0) is 25.7 Å². The molecule has 0 saturated heterocycles. The number of rotatable bonds is 3. The van der Waals surface area contributed by atoms with Crippen molar-refractivity contribution < 1.29 is 4.79 Å². The van der Waals surface area contributed by atoms with Gasteiger partial charge in [0.15, 0.2) is 0 Å². The number of aromatic nitrogens is 3. The first-order valence-electron chi connectivity index (χ1n) is 8.04. The molecule has 0 atom stereocenters. The number of H-pyrrole nitrogens is 1. The van der Waals surface area contributed by atoms with Crippen LogP contribution in [0.25, 0.3) is 0 Å². The molecule has 5 heteroatoms. The Balaban J connectivity index is 1.79. The minimum absolute atomic E-state index is 0.0568. The van der Waals surface area contributed by atoms with Crippen LogP contribution in [0.2, 0.25) is 0 Å². The maximum absolute atomic E-state index is 12.8. The van der Waals surface area contributed by atoms with Gasteiger partial charge in [0, 0.05) is 12.1 Å². The van der Waals surface area contributed by atoms with E-state index in [1.54, 1.807) is 0 Å². The Morgan fingerprint density at radius 3 is 2.00 bits per heavy atom. The van der Waals surface area contributed by atoms with E-state index >= 15 is 0 Å². The summed E-state index contributed by atoms with van der Waals surface area (Å²) in [5.41, 5.74) is 0. The summed E-state index contributed by atoms with van der Waals surface area (Å²) in [7, 11) is 0. The lowest BCUT2D eigenvalue weighted by Crippen LogP contribution is -2.49. The second kappa shape index (κ2) is 6.37. The van der Waals surface area contributed by atoms with Crippen LogP contribution in [-0.4, -0.2) is 38.1 Å². The summed E-state index contributed by atoms with van der Waals surface area (Å²) in [5, 5.41) is 6.58. The average Bonchev–Trinajstić information content (AvgIpc) is 3.04. The molecule has 20 heavy (non-hydrogen) atoms. The third-order valence-electron chi connectivity index (χ3n) is 4.79. The van der Waals surface area contributed by atoms with Crippen molar-refractivity contribution in [2.45, 2.75) is 76.3 Å². The number of carbonyl (C=O) groups excluding carboxylic acids is 1. The molecule has 2 saturated carbocycles. The Morgan fingerprint density at radius 1 is 1.00 bits per heavy atom. The summed E-state index contributed by atoms with van der Waals surface area (Å²) < 4.78 is 0. The van der Waals surface area contributed by atoms with Gasteiger partial charge in [-0.1, -0.05) is 38.5 Å². The lowest BCUT2D eigenvalue weighted by molar-refractivity contribution is 0.0436. The molecule has 3 rings (SSSR count). The second-order valence-corrected chi connectivity index (χ2v) is 6.13. The van der Waals surface area contributed by atoms with Crippen molar-refractivity contribution in [1.82, 2.24) is 20.1 Å². The van der Waals surface area contributed by atoms with Gasteiger partial charge in [0.1, 0.15) is 6.33 Å². The van der Waals surface area contributed by atoms with Crippen LogP contribution in [0.5, 0.6) is 0 Å². The van der Waals surface area contributed by atoms with Crippen LogP contribution in [0, 0.1) is 0 Å². The molecule has 1 amide bonds. The molecular formula is C15H24N4O. The van der Waals surface area contributed by atoms with E-state index < -0.39 is 0 Å². The van der Waals surface area contributed by atoms with E-state index in [-0.39, 0.29) is 5.91 Å². The number of nitrogens with one attached hydrogen (secondary N) is 1. The summed E-state index contributed by atoms with van der Waals surface area (Å²) in [6.07, 6.45) is 13.6. The van der Waals surface area contributed by atoms with E-state index in [2.05, 4.69) is 20.1 Å². The molecule has 2 fully saturated rings. The van der Waals surface area contributed by atoms with Crippen LogP contribution < -0.4 is 0 Å². The van der Waals surface area contributed by atoms with E-state index in [0.29, 0.717) is 17.9 Å². The van der Waals surface area contributed by atoms with Crippen molar-refractivity contribution >= 4 is 5.91 Å². The molecule has 2 aliphatic rings. The molecule has 1 N–H and O–H groups in total. The number of aromatic amines is 1. The quantitative estimate of drug-likeness (QED) is 0.923. The Kier molecular flexibility index (Phi) is 4.33. The summed E-state index contributed by atoms with van der Waals surface area (Å²) >= 11 is 0. The van der Waals surface area contributed by atoms with Crippen molar-refractivity contribution in [3.05, 3.63) is 12.2 Å². The predicted molar refractivity (Wildman–Crippen MR) is 76.3 cm³/mol. The topological polar surface area (TPSA) is 61.9 Å². The highest BCUT2D eigenvalue weighted by Crippen LogP contribution is 2.30. The SMILES string of the molecule is O=C(c1ncn[nH]1)N(C1CCCCC1)C1CCCCC1. The van der Waals surface area contributed by atoms with Crippen LogP contribution in [0.15, 0.2) is 6.33 Å². The number of nitrogens with zero attached hydrogens (tertiary/aromatic N) is 3. The Bertz CT molecular complexity index is 401. The van der Waals surface area contributed by atoms with Crippen LogP contribution in [-0.2, 0) is 0 Å². The summed E-state index contributed by atoms with van der Waals surface area (Å²) in [4.78, 5) is 19.0. The van der Waals surface area contributed by atoms with Crippen LogP contribution in [0.3, 0.4) is 0 Å². The first kappa shape index (κ1) is 13.6. The molecule has 5 nitrogen and oxygen atoms in total. The zero-order chi connectivity index (χ0) is 13.8. The van der Waals surface area contributed by atoms with E-state index in [1.807, 2.05) is 0 Å². The smallest absolute Gasteiger partial charge is 0.291 e. The largest absolute Gasteiger partial charge is 0.330 e. The van der Waals surface area contributed by atoms with Crippen molar-refractivity contribution in [3.8, 4) is 0 Å². The highest BCUT2D eigenvalue weighted by atomic mass is 16.2. The van der Waals surface area contributed by atoms with Gasteiger partial charge in [0.25, 0.3) is 5.91 Å². The molecule has 2 aliphatic carbocycles. The van der Waals surface area contributed by atoms with Crippen molar-refractivity contribution in [2.75, 3.05) is 0 Å². The summed E-state index contributed by atoms with van der Waals surface area (Å²) in [6, 6.07) is 0.814. The number of carbonyl (C=O) groups is 1. The molecule has 0 aromatic carbocycles. The van der Waals surface area contributed by atoms with Crippen LogP contribution in [0.1, 0.15) is 74.8 Å². The standard InChI is InChI=1S/C15H24N4O/c20-15(14-16-11-17-18-14)19(12-7-3-1-4-8-12)13-9-5-2-6-10-13/h11-13H,1-10H2,(H,16,17,18). The number of amides is 1. The van der Waals surface area contributed by atoms with Crippen molar-refractivity contribution in [1.29, 1.82) is 0 Å². The normalized spacial score (nSPS) is 21.8. The van der Waals surface area contributed by atoms with Gasteiger partial charge >= 0.3 is 0 Å². The second-order valence-electron chi connectivity index (χ2n) is 6.13. The van der Waals surface area contributed by atoms with E-state index in [1.165, 1.54) is 44.9 Å². The van der Waals surface area contributed by atoms with Crippen LogP contribution in [0.4, 0.5) is 0 Å². The Morgan fingerprint density at radius 2 is 1.55 bits per heavy atom. The minimum atomic E-state index is 0.0568. The minimum Gasteiger partial charge on any atom is -0.330 e. The fourth-order valence-corrected chi connectivity index (χ4v) is 3.78. The van der Waals surface area contributed by atoms with Gasteiger partial charge in [-0.2, -0.15) is 5.10 Å². The molecule has 110 valence electrons. The maximum atomic E-state index is 12.8. The van der Waals surface area contributed by atoms with Crippen LogP contribution >= 0.6 is 0 Å². The van der Waals surface area contributed by atoms with Gasteiger partial charge in [-0.3, -0.25) is 9.89 Å². The molecule has 0 unspecified atom stereocenters. The maximum Gasteiger partial charge on any atom is 0.291 e. The first-order chi connectivity index (χ1) is 9.86. The third kappa shape index (κ3) is 2.86. The lowest BCUT2D eigenvalue weighted by Gasteiger charge is -2.41. The van der Waals surface area contributed by atoms with Gasteiger partial charge < -0.3 is 4.90 Å². The predicted octanol–water partition coefficient (Wildman–Crippen LogP) is 2.91. The fourth-order valence-electron chi connectivity index (χ4n) is 3.78. The molecule has 0 radical (unpaired) electrons. The van der Waals surface area contributed by atoms with Gasteiger partial charge in [-0.15, -0.1) is 0 Å². The molecule has 0 aliphatic heterocycles. The number of hydrogen-bond acceptors (Lipinski definition) is 3.